The van der Waals surface area contributed by atoms with Gasteiger partial charge in [-0.1, -0.05) is 29.3 Å². The second-order valence-corrected chi connectivity index (χ2v) is 7.33. The Bertz CT molecular complexity index is 967. The smallest absolute Gasteiger partial charge is 0.229 e. The van der Waals surface area contributed by atoms with E-state index < -0.39 is 0 Å². The van der Waals surface area contributed by atoms with E-state index in [1.165, 1.54) is 0 Å². The van der Waals surface area contributed by atoms with Crippen molar-refractivity contribution in [1.29, 1.82) is 0 Å². The molecule has 1 fully saturated rings. The minimum absolute atomic E-state index is 0. The molecule has 0 radical (unpaired) electrons. The number of carbonyl (C=O) groups is 1. The van der Waals surface area contributed by atoms with Gasteiger partial charge in [0.25, 0.3) is 0 Å². The third-order valence-electron chi connectivity index (χ3n) is 4.71. The Morgan fingerprint density at radius 3 is 2.81 bits per heavy atom. The number of nitrogens with zero attached hydrogens (tertiary/aromatic N) is 1. The number of halogens is 3. The highest BCUT2D eigenvalue weighted by Gasteiger charge is 2.22. The molecule has 0 aliphatic carbocycles. The summed E-state index contributed by atoms with van der Waals surface area (Å²) in [7, 11) is 0. The minimum Gasteiger partial charge on any atom is -0.316 e. The zero-order valence-corrected chi connectivity index (χ0v) is 16.7. The van der Waals surface area contributed by atoms with E-state index in [4.69, 9.17) is 23.2 Å². The number of hydrogen-bond acceptors (Lipinski definition) is 3. The number of nitrogens with one attached hydrogen (secondary N) is 3. The van der Waals surface area contributed by atoms with Gasteiger partial charge >= 0.3 is 0 Å². The van der Waals surface area contributed by atoms with Gasteiger partial charge in [-0.15, -0.1) is 12.4 Å². The Labute approximate surface area is 173 Å². The number of rotatable bonds is 3. The summed E-state index contributed by atoms with van der Waals surface area (Å²) in [6.45, 7) is 1.68. The first-order valence-electron chi connectivity index (χ1n) is 8.57. The molecule has 0 unspecified atom stereocenters. The third kappa shape index (κ3) is 4.22. The average molecular weight is 426 g/mol. The van der Waals surface area contributed by atoms with Crippen molar-refractivity contribution in [3.8, 4) is 11.1 Å². The third-order valence-corrected chi connectivity index (χ3v) is 5.28. The number of fused-ring (bicyclic) bond motifs is 1. The van der Waals surface area contributed by atoms with Crippen LogP contribution in [0.4, 0.5) is 5.82 Å². The van der Waals surface area contributed by atoms with E-state index in [-0.39, 0.29) is 24.2 Å². The van der Waals surface area contributed by atoms with Gasteiger partial charge in [0, 0.05) is 27.5 Å². The van der Waals surface area contributed by atoms with E-state index >= 15 is 0 Å². The van der Waals surface area contributed by atoms with Gasteiger partial charge in [0.1, 0.15) is 0 Å². The van der Waals surface area contributed by atoms with Gasteiger partial charge in [0.15, 0.2) is 5.82 Å². The number of H-pyrrole nitrogens is 1. The quantitative estimate of drug-likeness (QED) is 0.559. The first-order chi connectivity index (χ1) is 12.6. The van der Waals surface area contributed by atoms with E-state index in [1.807, 2.05) is 24.3 Å². The monoisotopic (exact) mass is 424 g/mol. The number of piperidine rings is 1. The van der Waals surface area contributed by atoms with E-state index in [2.05, 4.69) is 20.8 Å². The van der Waals surface area contributed by atoms with Gasteiger partial charge in [-0.05, 0) is 55.3 Å². The molecule has 4 rings (SSSR count). The fourth-order valence-electron chi connectivity index (χ4n) is 3.29. The zero-order chi connectivity index (χ0) is 18.1. The van der Waals surface area contributed by atoms with E-state index in [1.54, 1.807) is 12.1 Å². The molecule has 0 spiro atoms. The Morgan fingerprint density at radius 2 is 2.04 bits per heavy atom. The van der Waals surface area contributed by atoms with Crippen molar-refractivity contribution in [2.45, 2.75) is 12.8 Å². The van der Waals surface area contributed by atoms with Crippen LogP contribution in [-0.2, 0) is 4.79 Å². The normalized spacial score (nSPS) is 16.7. The number of carbonyl (C=O) groups excluding carboxylic acids is 1. The van der Waals surface area contributed by atoms with Crippen LogP contribution in [0.15, 0.2) is 36.4 Å². The molecule has 1 aromatic heterocycles. The average Bonchev–Trinajstić information content (AvgIpc) is 3.06. The summed E-state index contributed by atoms with van der Waals surface area (Å²) in [5.41, 5.74) is 2.61. The minimum atomic E-state index is -0.0268. The molecule has 2 heterocycles. The molecule has 2 aromatic carbocycles. The summed E-state index contributed by atoms with van der Waals surface area (Å²) >= 11 is 12.4. The van der Waals surface area contributed by atoms with Crippen LogP contribution in [0.2, 0.25) is 10.0 Å². The lowest BCUT2D eigenvalue weighted by molar-refractivity contribution is -0.120. The molecule has 5 nitrogen and oxygen atoms in total. The summed E-state index contributed by atoms with van der Waals surface area (Å²) in [5, 5.41) is 15.5. The zero-order valence-electron chi connectivity index (χ0n) is 14.4. The molecule has 1 aliphatic rings. The van der Waals surface area contributed by atoms with Crippen molar-refractivity contribution in [1.82, 2.24) is 15.5 Å². The molecule has 3 N–H and O–H groups in total. The molecule has 27 heavy (non-hydrogen) atoms. The van der Waals surface area contributed by atoms with Crippen LogP contribution < -0.4 is 10.6 Å². The molecule has 1 aliphatic heterocycles. The summed E-state index contributed by atoms with van der Waals surface area (Å²) in [4.78, 5) is 12.5. The predicted molar refractivity (Wildman–Crippen MR) is 113 cm³/mol. The number of amides is 1. The van der Waals surface area contributed by atoms with Crippen molar-refractivity contribution in [3.63, 3.8) is 0 Å². The van der Waals surface area contributed by atoms with Gasteiger partial charge in [0.05, 0.1) is 11.4 Å². The van der Waals surface area contributed by atoms with E-state index in [0.717, 1.165) is 41.4 Å². The standard InChI is InChI=1S/C19H18Cl2N4O.ClH/c20-13-4-5-16(21)14(9-13)11-3-6-17-15(8-11)18(25-24-17)23-19(26)12-2-1-7-22-10-12;/h3-6,8-9,12,22H,1-2,7,10H2,(H2,23,24,25,26);1H/t12-;/m1./s1. The molecular weight excluding hydrogens is 407 g/mol. The molecule has 3 aromatic rings. The van der Waals surface area contributed by atoms with Crippen LogP contribution in [-0.4, -0.2) is 29.2 Å². The topological polar surface area (TPSA) is 69.8 Å². The van der Waals surface area contributed by atoms with Gasteiger partial charge < -0.3 is 10.6 Å². The summed E-state index contributed by atoms with van der Waals surface area (Å²) in [6.07, 6.45) is 1.90. The number of aromatic nitrogens is 2. The Hall–Kier alpha value is -1.79. The van der Waals surface area contributed by atoms with E-state index in [0.29, 0.717) is 22.4 Å². The van der Waals surface area contributed by atoms with Crippen LogP contribution in [0.1, 0.15) is 12.8 Å². The van der Waals surface area contributed by atoms with E-state index in [9.17, 15) is 4.79 Å². The van der Waals surface area contributed by atoms with Crippen LogP contribution in [0.3, 0.4) is 0 Å². The Balaban J connectivity index is 0.00000210. The number of benzene rings is 2. The lowest BCUT2D eigenvalue weighted by Gasteiger charge is -2.21. The van der Waals surface area contributed by atoms with Crippen molar-refractivity contribution in [3.05, 3.63) is 46.4 Å². The molecule has 1 saturated heterocycles. The molecule has 0 bridgehead atoms. The summed E-state index contributed by atoms with van der Waals surface area (Å²) in [6, 6.07) is 11.2. The van der Waals surface area contributed by atoms with Gasteiger partial charge in [-0.2, -0.15) is 5.10 Å². The summed E-state index contributed by atoms with van der Waals surface area (Å²) in [5.74, 6) is 0.508. The fourth-order valence-corrected chi connectivity index (χ4v) is 3.69. The van der Waals surface area contributed by atoms with Crippen molar-refractivity contribution in [2.75, 3.05) is 18.4 Å². The van der Waals surface area contributed by atoms with Crippen molar-refractivity contribution < 1.29 is 4.79 Å². The number of aromatic amines is 1. The number of hydrogen-bond donors (Lipinski definition) is 3. The van der Waals surface area contributed by atoms with Crippen molar-refractivity contribution >= 4 is 58.2 Å². The highest BCUT2D eigenvalue weighted by molar-refractivity contribution is 6.35. The van der Waals surface area contributed by atoms with Crippen LogP contribution in [0, 0.1) is 5.92 Å². The Morgan fingerprint density at radius 1 is 1.19 bits per heavy atom. The van der Waals surface area contributed by atoms with Gasteiger partial charge in [-0.3, -0.25) is 9.89 Å². The first-order valence-corrected chi connectivity index (χ1v) is 9.32. The highest BCUT2D eigenvalue weighted by atomic mass is 35.5. The second kappa shape index (κ2) is 8.48. The second-order valence-electron chi connectivity index (χ2n) is 6.49. The van der Waals surface area contributed by atoms with Crippen LogP contribution in [0.5, 0.6) is 0 Å². The highest BCUT2D eigenvalue weighted by Crippen LogP contribution is 2.33. The maximum absolute atomic E-state index is 12.5. The lowest BCUT2D eigenvalue weighted by Crippen LogP contribution is -2.37. The van der Waals surface area contributed by atoms with Gasteiger partial charge in [0.2, 0.25) is 5.91 Å². The maximum atomic E-state index is 12.5. The largest absolute Gasteiger partial charge is 0.316 e. The van der Waals surface area contributed by atoms with Crippen molar-refractivity contribution in [2.24, 2.45) is 5.92 Å². The number of anilines is 1. The summed E-state index contributed by atoms with van der Waals surface area (Å²) < 4.78 is 0. The maximum Gasteiger partial charge on any atom is 0.229 e. The predicted octanol–water partition coefficient (Wildman–Crippen LogP) is 4.90. The molecular formula is C19H19Cl3N4O. The molecule has 1 amide bonds. The molecule has 1 atom stereocenters. The van der Waals surface area contributed by atoms with Crippen LogP contribution in [0.25, 0.3) is 22.0 Å². The fraction of sp³-hybridized carbons (Fsp3) is 0.263. The van der Waals surface area contributed by atoms with Gasteiger partial charge in [-0.25, -0.2) is 0 Å². The molecule has 8 heteroatoms. The SMILES string of the molecule is Cl.O=C(Nc1n[nH]c2ccc(-c3cc(Cl)ccc3Cl)cc12)[C@@H]1CCCNC1. The van der Waals surface area contributed by atoms with Crippen LogP contribution >= 0.6 is 35.6 Å². The Kier molecular flexibility index (Phi) is 6.27. The first kappa shape index (κ1) is 20.0. The molecule has 142 valence electrons. The lowest BCUT2D eigenvalue weighted by atomic mass is 9.99. The molecule has 0 saturated carbocycles.